The van der Waals surface area contributed by atoms with Crippen molar-refractivity contribution in [3.63, 3.8) is 0 Å². The van der Waals surface area contributed by atoms with E-state index in [0.29, 0.717) is 12.2 Å². The van der Waals surface area contributed by atoms with Gasteiger partial charge in [-0.25, -0.2) is 0 Å². The molecule has 1 rings (SSSR count). The summed E-state index contributed by atoms with van der Waals surface area (Å²) >= 11 is 0. The molecule has 0 saturated carbocycles. The summed E-state index contributed by atoms with van der Waals surface area (Å²) in [6, 6.07) is 3.55. The van der Waals surface area contributed by atoms with Gasteiger partial charge in [0.25, 0.3) is 5.91 Å². The zero-order valence-electron chi connectivity index (χ0n) is 8.65. The number of ether oxygens (including phenoxy) is 1. The Labute approximate surface area is 83.5 Å². The Balaban J connectivity index is 2.78. The number of amides is 1. The van der Waals surface area contributed by atoms with Gasteiger partial charge in [-0.2, -0.15) is 0 Å². The lowest BCUT2D eigenvalue weighted by Crippen LogP contribution is -2.21. The molecule has 1 heterocycles. The van der Waals surface area contributed by atoms with Crippen LogP contribution in [0.5, 0.6) is 0 Å². The minimum atomic E-state index is -0.0403. The molecule has 0 aromatic carbocycles. The molecular weight excluding hydrogens is 180 g/mol. The molecule has 0 saturated heterocycles. The maximum atomic E-state index is 11.5. The number of rotatable bonds is 3. The highest BCUT2D eigenvalue weighted by Crippen LogP contribution is 2.03. The van der Waals surface area contributed by atoms with Crippen LogP contribution in [-0.4, -0.2) is 37.0 Å². The lowest BCUT2D eigenvalue weighted by molar-refractivity contribution is 0.0827. The van der Waals surface area contributed by atoms with Crippen molar-refractivity contribution >= 4 is 5.91 Å². The highest BCUT2D eigenvalue weighted by atomic mass is 16.5. The van der Waals surface area contributed by atoms with E-state index < -0.39 is 0 Å². The quantitative estimate of drug-likeness (QED) is 0.718. The third-order valence-electron chi connectivity index (χ3n) is 1.77. The molecule has 0 spiro atoms. The van der Waals surface area contributed by atoms with Crippen LogP contribution in [0, 0.1) is 0 Å². The van der Waals surface area contributed by atoms with Gasteiger partial charge in [-0.05, 0) is 12.1 Å². The van der Waals surface area contributed by atoms with Crippen LogP contribution in [0.15, 0.2) is 18.3 Å². The first-order valence-corrected chi connectivity index (χ1v) is 4.30. The predicted octanol–water partition coefficient (Wildman–Crippen LogP) is 0.930. The molecule has 1 amide bonds. The molecule has 0 unspecified atom stereocenters. The summed E-state index contributed by atoms with van der Waals surface area (Å²) in [5.41, 5.74) is 1.41. The van der Waals surface area contributed by atoms with Gasteiger partial charge in [-0.3, -0.25) is 9.78 Å². The van der Waals surface area contributed by atoms with E-state index in [-0.39, 0.29) is 5.91 Å². The fourth-order valence-corrected chi connectivity index (χ4v) is 1.04. The molecule has 0 aliphatic rings. The first kappa shape index (κ1) is 10.7. The van der Waals surface area contributed by atoms with Crippen molar-refractivity contribution in [3.8, 4) is 0 Å². The Morgan fingerprint density at radius 3 is 2.64 bits per heavy atom. The summed E-state index contributed by atoms with van der Waals surface area (Å²) in [6.07, 6.45) is 1.57. The summed E-state index contributed by atoms with van der Waals surface area (Å²) in [7, 11) is 5.04. The van der Waals surface area contributed by atoms with Gasteiger partial charge in [0.1, 0.15) is 0 Å². The second kappa shape index (κ2) is 4.72. The van der Waals surface area contributed by atoms with Gasteiger partial charge in [-0.15, -0.1) is 0 Å². The summed E-state index contributed by atoms with van der Waals surface area (Å²) in [6.45, 7) is 0.469. The number of pyridine rings is 1. The molecule has 14 heavy (non-hydrogen) atoms. The molecule has 0 N–H and O–H groups in total. The van der Waals surface area contributed by atoms with Crippen molar-refractivity contribution in [1.29, 1.82) is 0 Å². The SMILES string of the molecule is COCc1ccc(C(=O)N(C)C)cn1. The largest absolute Gasteiger partial charge is 0.378 e. The molecule has 1 aromatic rings. The normalized spacial score (nSPS) is 9.93. The van der Waals surface area contributed by atoms with E-state index in [1.807, 2.05) is 0 Å². The second-order valence-corrected chi connectivity index (χ2v) is 3.17. The van der Waals surface area contributed by atoms with Crippen molar-refractivity contribution in [3.05, 3.63) is 29.6 Å². The van der Waals surface area contributed by atoms with E-state index in [1.165, 1.54) is 4.90 Å². The molecule has 0 aliphatic heterocycles. The van der Waals surface area contributed by atoms with Crippen LogP contribution in [0.2, 0.25) is 0 Å². The van der Waals surface area contributed by atoms with Crippen LogP contribution in [0.25, 0.3) is 0 Å². The molecular formula is C10H14N2O2. The number of methoxy groups -OCH3 is 1. The third-order valence-corrected chi connectivity index (χ3v) is 1.77. The Bertz CT molecular complexity index is 306. The smallest absolute Gasteiger partial charge is 0.254 e. The number of carbonyl (C=O) groups excluding carboxylic acids is 1. The highest BCUT2D eigenvalue weighted by molar-refractivity contribution is 5.93. The van der Waals surface area contributed by atoms with Crippen molar-refractivity contribution in [2.24, 2.45) is 0 Å². The Morgan fingerprint density at radius 2 is 2.21 bits per heavy atom. The third kappa shape index (κ3) is 2.53. The van der Waals surface area contributed by atoms with Gasteiger partial charge in [-0.1, -0.05) is 0 Å². The number of hydrogen-bond acceptors (Lipinski definition) is 3. The van der Waals surface area contributed by atoms with Crippen LogP contribution >= 0.6 is 0 Å². The topological polar surface area (TPSA) is 42.4 Å². The first-order chi connectivity index (χ1) is 6.65. The standard InChI is InChI=1S/C10H14N2O2/c1-12(2)10(13)8-4-5-9(7-14-3)11-6-8/h4-6H,7H2,1-3H3. The lowest BCUT2D eigenvalue weighted by atomic mass is 10.2. The summed E-state index contributed by atoms with van der Waals surface area (Å²) in [5.74, 6) is -0.0403. The van der Waals surface area contributed by atoms with E-state index in [0.717, 1.165) is 5.69 Å². The first-order valence-electron chi connectivity index (χ1n) is 4.30. The fourth-order valence-electron chi connectivity index (χ4n) is 1.04. The van der Waals surface area contributed by atoms with E-state index >= 15 is 0 Å². The van der Waals surface area contributed by atoms with Crippen molar-refractivity contribution in [2.45, 2.75) is 6.61 Å². The molecule has 4 nitrogen and oxygen atoms in total. The minimum absolute atomic E-state index is 0.0403. The Hall–Kier alpha value is -1.42. The molecule has 0 fully saturated rings. The van der Waals surface area contributed by atoms with Crippen LogP contribution in [-0.2, 0) is 11.3 Å². The average molecular weight is 194 g/mol. The molecule has 0 bridgehead atoms. The van der Waals surface area contributed by atoms with Crippen LogP contribution < -0.4 is 0 Å². The van der Waals surface area contributed by atoms with Crippen LogP contribution in [0.4, 0.5) is 0 Å². The van der Waals surface area contributed by atoms with E-state index in [4.69, 9.17) is 4.74 Å². The predicted molar refractivity (Wildman–Crippen MR) is 53.0 cm³/mol. The van der Waals surface area contributed by atoms with E-state index in [9.17, 15) is 4.79 Å². The molecule has 76 valence electrons. The minimum Gasteiger partial charge on any atom is -0.378 e. The highest BCUT2D eigenvalue weighted by Gasteiger charge is 2.07. The van der Waals surface area contributed by atoms with Gasteiger partial charge in [0, 0.05) is 27.4 Å². The van der Waals surface area contributed by atoms with Gasteiger partial charge in [0.2, 0.25) is 0 Å². The zero-order valence-corrected chi connectivity index (χ0v) is 8.65. The van der Waals surface area contributed by atoms with Gasteiger partial charge in [0.05, 0.1) is 17.9 Å². The van der Waals surface area contributed by atoms with Gasteiger partial charge in [0.15, 0.2) is 0 Å². The Kier molecular flexibility index (Phi) is 3.59. The summed E-state index contributed by atoms with van der Waals surface area (Å²) < 4.78 is 4.92. The average Bonchev–Trinajstić information content (AvgIpc) is 2.18. The van der Waals surface area contributed by atoms with E-state index in [2.05, 4.69) is 4.98 Å². The molecule has 1 aromatic heterocycles. The van der Waals surface area contributed by atoms with Crippen LogP contribution in [0.1, 0.15) is 16.1 Å². The second-order valence-electron chi connectivity index (χ2n) is 3.17. The lowest BCUT2D eigenvalue weighted by Gasteiger charge is -2.09. The maximum Gasteiger partial charge on any atom is 0.254 e. The zero-order chi connectivity index (χ0) is 10.6. The summed E-state index contributed by atoms with van der Waals surface area (Å²) in [5, 5.41) is 0. The number of carbonyl (C=O) groups is 1. The van der Waals surface area contributed by atoms with Gasteiger partial charge >= 0.3 is 0 Å². The number of nitrogens with zero attached hydrogens (tertiary/aromatic N) is 2. The van der Waals surface area contributed by atoms with Crippen molar-refractivity contribution in [1.82, 2.24) is 9.88 Å². The maximum absolute atomic E-state index is 11.5. The van der Waals surface area contributed by atoms with Crippen molar-refractivity contribution in [2.75, 3.05) is 21.2 Å². The van der Waals surface area contributed by atoms with Gasteiger partial charge < -0.3 is 9.64 Å². The van der Waals surface area contributed by atoms with E-state index in [1.54, 1.807) is 39.5 Å². The molecule has 0 radical (unpaired) electrons. The summed E-state index contributed by atoms with van der Waals surface area (Å²) in [4.78, 5) is 17.1. The molecule has 4 heteroatoms. The Morgan fingerprint density at radius 1 is 1.50 bits per heavy atom. The number of hydrogen-bond donors (Lipinski definition) is 0. The monoisotopic (exact) mass is 194 g/mol. The number of aromatic nitrogens is 1. The fraction of sp³-hybridized carbons (Fsp3) is 0.400. The van der Waals surface area contributed by atoms with Crippen LogP contribution in [0.3, 0.4) is 0 Å². The van der Waals surface area contributed by atoms with Crippen molar-refractivity contribution < 1.29 is 9.53 Å². The molecule has 0 aliphatic carbocycles. The molecule has 0 atom stereocenters.